The van der Waals surface area contributed by atoms with Crippen molar-refractivity contribution in [2.24, 2.45) is 5.92 Å². The van der Waals surface area contributed by atoms with E-state index in [2.05, 4.69) is 10.1 Å². The van der Waals surface area contributed by atoms with Gasteiger partial charge in [-0.15, -0.1) is 0 Å². The van der Waals surface area contributed by atoms with Gasteiger partial charge in [0.2, 0.25) is 11.8 Å². The molecule has 0 radical (unpaired) electrons. The Bertz CT molecular complexity index is 656. The van der Waals surface area contributed by atoms with Crippen LogP contribution in [0.3, 0.4) is 0 Å². The number of carbonyl (C=O) groups is 1. The van der Waals surface area contributed by atoms with E-state index in [0.29, 0.717) is 11.7 Å². The van der Waals surface area contributed by atoms with Crippen molar-refractivity contribution in [3.8, 4) is 0 Å². The molecule has 4 rings (SSSR count). The topological polar surface area (TPSA) is 72.4 Å². The van der Waals surface area contributed by atoms with Gasteiger partial charge in [0.25, 0.3) is 0 Å². The largest absolute Gasteiger partial charge is 0.469 e. The number of piperidine rings is 1. The zero-order valence-corrected chi connectivity index (χ0v) is 12.6. The number of hydrogen-bond acceptors (Lipinski definition) is 5. The lowest BCUT2D eigenvalue weighted by Crippen LogP contribution is -2.39. The molecule has 0 N–H and O–H groups in total. The molecular formula is C16H19N3O3. The summed E-state index contributed by atoms with van der Waals surface area (Å²) in [5, 5.41) is 3.85. The van der Waals surface area contributed by atoms with Crippen molar-refractivity contribution in [2.75, 3.05) is 13.1 Å². The Morgan fingerprint density at radius 2 is 2.18 bits per heavy atom. The highest BCUT2D eigenvalue weighted by Crippen LogP contribution is 2.49. The monoisotopic (exact) mass is 301 g/mol. The highest BCUT2D eigenvalue weighted by atomic mass is 16.5. The third-order valence-electron chi connectivity index (χ3n) is 4.72. The van der Waals surface area contributed by atoms with Gasteiger partial charge in [-0.05, 0) is 38.3 Å². The highest BCUT2D eigenvalue weighted by molar-refractivity contribution is 5.83. The molecule has 2 aromatic heterocycles. The minimum Gasteiger partial charge on any atom is -0.469 e. The summed E-state index contributed by atoms with van der Waals surface area (Å²) in [6, 6.07) is 3.84. The first-order valence-corrected chi connectivity index (χ1v) is 7.85. The molecule has 0 unspecified atom stereocenters. The van der Waals surface area contributed by atoms with E-state index in [0.717, 1.165) is 38.1 Å². The summed E-state index contributed by atoms with van der Waals surface area (Å²) in [5.41, 5.74) is 0. The average molecular weight is 301 g/mol. The van der Waals surface area contributed by atoms with E-state index >= 15 is 0 Å². The fourth-order valence-corrected chi connectivity index (χ4v) is 3.34. The number of aromatic nitrogens is 2. The second-order valence-corrected chi connectivity index (χ2v) is 6.24. The third-order valence-corrected chi connectivity index (χ3v) is 4.72. The molecule has 1 saturated carbocycles. The molecule has 2 aliphatic rings. The number of nitrogens with zero attached hydrogens (tertiary/aromatic N) is 3. The van der Waals surface area contributed by atoms with Crippen molar-refractivity contribution in [1.82, 2.24) is 15.0 Å². The number of amides is 1. The van der Waals surface area contributed by atoms with Crippen molar-refractivity contribution in [2.45, 2.75) is 38.0 Å². The van der Waals surface area contributed by atoms with Gasteiger partial charge >= 0.3 is 0 Å². The van der Waals surface area contributed by atoms with Crippen molar-refractivity contribution in [3.05, 3.63) is 35.9 Å². The first-order valence-electron chi connectivity index (χ1n) is 7.85. The average Bonchev–Trinajstić information content (AvgIpc) is 2.95. The van der Waals surface area contributed by atoms with Crippen LogP contribution in [0.25, 0.3) is 0 Å². The van der Waals surface area contributed by atoms with E-state index in [1.807, 2.05) is 24.0 Å². The van der Waals surface area contributed by atoms with Crippen molar-refractivity contribution >= 4 is 5.91 Å². The van der Waals surface area contributed by atoms with Gasteiger partial charge in [0, 0.05) is 30.8 Å². The summed E-state index contributed by atoms with van der Waals surface area (Å²) in [4.78, 5) is 18.8. The van der Waals surface area contributed by atoms with Gasteiger partial charge in [0.15, 0.2) is 5.82 Å². The lowest BCUT2D eigenvalue weighted by Gasteiger charge is -2.30. The maximum Gasteiger partial charge on any atom is 0.229 e. The van der Waals surface area contributed by atoms with Gasteiger partial charge in [-0.25, -0.2) is 0 Å². The van der Waals surface area contributed by atoms with Crippen LogP contribution in [0, 0.1) is 12.8 Å². The number of rotatable bonds is 3. The van der Waals surface area contributed by atoms with Crippen LogP contribution in [0.2, 0.25) is 0 Å². The molecule has 2 aromatic rings. The van der Waals surface area contributed by atoms with Gasteiger partial charge in [-0.2, -0.15) is 4.98 Å². The minimum atomic E-state index is 0.105. The molecule has 3 heterocycles. The fourth-order valence-electron chi connectivity index (χ4n) is 3.34. The predicted molar refractivity (Wildman–Crippen MR) is 77.1 cm³/mol. The summed E-state index contributed by atoms with van der Waals surface area (Å²) in [6.07, 6.45) is 4.37. The quantitative estimate of drug-likeness (QED) is 0.871. The minimum absolute atomic E-state index is 0.105. The number of aryl methyl sites for hydroxylation is 1. The van der Waals surface area contributed by atoms with E-state index in [-0.39, 0.29) is 23.7 Å². The SMILES string of the molecule is Cc1noc(C2CCN(C(=O)[C@H]3C[C@H]3c3ccco3)CC2)n1. The zero-order chi connectivity index (χ0) is 15.1. The zero-order valence-electron chi connectivity index (χ0n) is 12.6. The van der Waals surface area contributed by atoms with E-state index in [1.54, 1.807) is 6.26 Å². The summed E-state index contributed by atoms with van der Waals surface area (Å²) in [7, 11) is 0. The fraction of sp³-hybridized carbons (Fsp3) is 0.562. The standard InChI is InChI=1S/C16H19N3O3/c1-10-17-15(22-18-10)11-4-6-19(7-5-11)16(20)13-9-12(13)14-3-2-8-21-14/h2-3,8,11-13H,4-7,9H2,1H3/t12-,13+/m1/s1. The Morgan fingerprint density at radius 1 is 1.36 bits per heavy atom. The van der Waals surface area contributed by atoms with E-state index < -0.39 is 0 Å². The van der Waals surface area contributed by atoms with E-state index in [4.69, 9.17) is 8.94 Å². The number of hydrogen-bond donors (Lipinski definition) is 0. The van der Waals surface area contributed by atoms with Crippen LogP contribution < -0.4 is 0 Å². The molecule has 116 valence electrons. The van der Waals surface area contributed by atoms with Crippen LogP contribution >= 0.6 is 0 Å². The summed E-state index contributed by atoms with van der Waals surface area (Å²) in [5.74, 6) is 3.26. The first-order chi connectivity index (χ1) is 10.7. The van der Waals surface area contributed by atoms with Crippen LogP contribution in [0.15, 0.2) is 27.3 Å². The lowest BCUT2D eigenvalue weighted by atomic mass is 9.96. The van der Waals surface area contributed by atoms with E-state index in [1.165, 1.54) is 0 Å². The second kappa shape index (κ2) is 5.26. The summed E-state index contributed by atoms with van der Waals surface area (Å²) < 4.78 is 10.7. The molecule has 0 spiro atoms. The maximum atomic E-state index is 12.5. The summed E-state index contributed by atoms with van der Waals surface area (Å²) >= 11 is 0. The van der Waals surface area contributed by atoms with Crippen LogP contribution in [0.1, 0.15) is 48.6 Å². The molecule has 1 saturated heterocycles. The van der Waals surface area contributed by atoms with Crippen molar-refractivity contribution < 1.29 is 13.7 Å². The van der Waals surface area contributed by atoms with Crippen molar-refractivity contribution in [3.63, 3.8) is 0 Å². The summed E-state index contributed by atoms with van der Waals surface area (Å²) in [6.45, 7) is 3.37. The third kappa shape index (κ3) is 2.42. The molecule has 0 aromatic carbocycles. The normalized spacial score (nSPS) is 25.4. The predicted octanol–water partition coefficient (Wildman–Crippen LogP) is 2.48. The second-order valence-electron chi connectivity index (χ2n) is 6.24. The molecule has 1 aliphatic heterocycles. The van der Waals surface area contributed by atoms with Gasteiger partial charge in [0.05, 0.1) is 6.26 Å². The maximum absolute atomic E-state index is 12.5. The Morgan fingerprint density at radius 3 is 2.82 bits per heavy atom. The number of furan rings is 1. The molecule has 2 fully saturated rings. The van der Waals surface area contributed by atoms with E-state index in [9.17, 15) is 4.79 Å². The van der Waals surface area contributed by atoms with Crippen LogP contribution in [0.5, 0.6) is 0 Å². The number of carbonyl (C=O) groups excluding carboxylic acids is 1. The number of likely N-dealkylation sites (tertiary alicyclic amines) is 1. The molecule has 6 nitrogen and oxygen atoms in total. The van der Waals surface area contributed by atoms with Crippen LogP contribution in [0.4, 0.5) is 0 Å². The molecule has 6 heteroatoms. The van der Waals surface area contributed by atoms with Crippen LogP contribution in [-0.4, -0.2) is 34.0 Å². The van der Waals surface area contributed by atoms with Gasteiger partial charge in [-0.1, -0.05) is 5.16 Å². The van der Waals surface area contributed by atoms with Crippen LogP contribution in [-0.2, 0) is 4.79 Å². The molecule has 1 amide bonds. The molecular weight excluding hydrogens is 282 g/mol. The Labute approximate surface area is 128 Å². The smallest absolute Gasteiger partial charge is 0.229 e. The first kappa shape index (κ1) is 13.5. The van der Waals surface area contributed by atoms with Gasteiger partial charge in [0.1, 0.15) is 5.76 Å². The highest BCUT2D eigenvalue weighted by Gasteiger charge is 2.47. The molecule has 1 aliphatic carbocycles. The Hall–Kier alpha value is -2.11. The molecule has 2 atom stereocenters. The lowest BCUT2D eigenvalue weighted by molar-refractivity contribution is -0.133. The molecule has 0 bridgehead atoms. The van der Waals surface area contributed by atoms with Crippen molar-refractivity contribution in [1.29, 1.82) is 0 Å². The van der Waals surface area contributed by atoms with Gasteiger partial charge in [-0.3, -0.25) is 4.79 Å². The van der Waals surface area contributed by atoms with Gasteiger partial charge < -0.3 is 13.8 Å². The Balaban J connectivity index is 1.33. The molecule has 22 heavy (non-hydrogen) atoms. The Kier molecular flexibility index (Phi) is 3.24.